The first kappa shape index (κ1) is 28.5. The quantitative estimate of drug-likeness (QED) is 0.456. The number of hydrogen-bond donors (Lipinski definition) is 1. The molecule has 1 fully saturated rings. The fourth-order valence-electron chi connectivity index (χ4n) is 4.04. The molecule has 0 saturated carbocycles. The molecule has 1 aliphatic rings. The van der Waals surface area contributed by atoms with Crippen molar-refractivity contribution >= 4 is 33.2 Å². The number of rotatable bonds is 7. The van der Waals surface area contributed by atoms with Crippen LogP contribution in [0.2, 0.25) is 0 Å². The number of fused-ring (bicyclic) bond motifs is 1. The van der Waals surface area contributed by atoms with Crippen molar-refractivity contribution in [2.24, 2.45) is 5.92 Å². The number of nitrogens with zero attached hydrogens (tertiary/aromatic N) is 5. The maximum absolute atomic E-state index is 14.7. The number of ether oxygens (including phenoxy) is 1. The molecule has 2 aromatic heterocycles. The van der Waals surface area contributed by atoms with Gasteiger partial charge in [-0.2, -0.15) is 5.10 Å². The van der Waals surface area contributed by atoms with Gasteiger partial charge in [0.25, 0.3) is 6.47 Å². The van der Waals surface area contributed by atoms with Crippen LogP contribution in [0.3, 0.4) is 0 Å². The molecule has 0 bridgehead atoms. The van der Waals surface area contributed by atoms with Crippen LogP contribution in [-0.2, 0) is 19.4 Å². The lowest BCUT2D eigenvalue weighted by molar-refractivity contribution is -0.138. The van der Waals surface area contributed by atoms with Gasteiger partial charge in [0.2, 0.25) is 0 Å². The van der Waals surface area contributed by atoms with E-state index in [4.69, 9.17) is 0 Å². The summed E-state index contributed by atoms with van der Waals surface area (Å²) in [6, 6.07) is 3.79. The first-order chi connectivity index (χ1) is 17.4. The van der Waals surface area contributed by atoms with E-state index in [2.05, 4.69) is 36.9 Å². The van der Waals surface area contributed by atoms with Crippen LogP contribution in [-0.4, -0.2) is 72.7 Å². The lowest BCUT2D eigenvalue weighted by atomic mass is 9.97. The molecule has 4 rings (SSSR count). The molecule has 1 saturated heterocycles. The van der Waals surface area contributed by atoms with E-state index in [1.165, 1.54) is 23.1 Å². The highest BCUT2D eigenvalue weighted by Gasteiger charge is 2.21. The Hall–Kier alpha value is -3.12. The van der Waals surface area contributed by atoms with Gasteiger partial charge in [-0.1, -0.05) is 0 Å². The van der Waals surface area contributed by atoms with E-state index < -0.39 is 15.7 Å². The van der Waals surface area contributed by atoms with Crippen LogP contribution in [0.25, 0.3) is 16.7 Å². The molecule has 0 spiro atoms. The van der Waals surface area contributed by atoms with Gasteiger partial charge < -0.3 is 15.0 Å². The predicted molar refractivity (Wildman–Crippen MR) is 140 cm³/mol. The van der Waals surface area contributed by atoms with Gasteiger partial charge in [0.1, 0.15) is 29.3 Å². The third kappa shape index (κ3) is 7.45. The minimum absolute atomic E-state index is 0.0744. The Bertz CT molecular complexity index is 1320. The zero-order valence-electron chi connectivity index (χ0n) is 21.9. The number of sulfone groups is 1. The third-order valence-electron chi connectivity index (χ3n) is 5.94. The van der Waals surface area contributed by atoms with Crippen LogP contribution in [0.5, 0.6) is 0 Å². The standard InChI is InChI=1S/C20H25FN6O2S.C5H10O2/c1-3-26(12-14-6-8-22-9-7-14)19-16-11-25-27(20(16)24-13-23-19)18-5-4-15(10-17(18)21)30(2,28)29;1-5(2,3)7-4-6/h4-5,10-11,13-14,22H,3,6-9,12H2,1-2H3;4H,1-3H3. The Morgan fingerprint density at radius 3 is 2.49 bits per heavy atom. The maximum atomic E-state index is 14.7. The first-order valence-electron chi connectivity index (χ1n) is 12.2. The number of carbonyl (C=O) groups is 1. The molecule has 0 atom stereocenters. The zero-order valence-corrected chi connectivity index (χ0v) is 22.8. The van der Waals surface area contributed by atoms with Crippen molar-refractivity contribution in [1.29, 1.82) is 0 Å². The topological polar surface area (TPSA) is 119 Å². The average molecular weight is 535 g/mol. The summed E-state index contributed by atoms with van der Waals surface area (Å²) in [5, 5.41) is 8.45. The molecule has 0 radical (unpaired) electrons. The number of benzene rings is 1. The van der Waals surface area contributed by atoms with Crippen molar-refractivity contribution in [2.75, 3.05) is 37.3 Å². The Balaban J connectivity index is 0.000000479. The summed E-state index contributed by atoms with van der Waals surface area (Å²) < 4.78 is 44.0. The molecule has 0 unspecified atom stereocenters. The molecule has 3 heterocycles. The molecule has 37 heavy (non-hydrogen) atoms. The lowest BCUT2D eigenvalue weighted by Crippen LogP contribution is -2.36. The molecule has 1 N–H and O–H groups in total. The summed E-state index contributed by atoms with van der Waals surface area (Å²) in [4.78, 5) is 20.6. The van der Waals surface area contributed by atoms with Gasteiger partial charge in [0, 0.05) is 19.3 Å². The summed E-state index contributed by atoms with van der Waals surface area (Å²) in [7, 11) is -3.50. The van der Waals surface area contributed by atoms with Gasteiger partial charge >= 0.3 is 0 Å². The molecular weight excluding hydrogens is 499 g/mol. The number of aromatic nitrogens is 4. The van der Waals surface area contributed by atoms with Crippen molar-refractivity contribution in [1.82, 2.24) is 25.1 Å². The Morgan fingerprint density at radius 2 is 1.95 bits per heavy atom. The molecule has 3 aromatic rings. The van der Waals surface area contributed by atoms with Crippen LogP contribution in [0, 0.1) is 11.7 Å². The van der Waals surface area contributed by atoms with E-state index in [0.717, 1.165) is 62.5 Å². The highest BCUT2D eigenvalue weighted by atomic mass is 32.2. The zero-order chi connectivity index (χ0) is 27.2. The van der Waals surface area contributed by atoms with Crippen molar-refractivity contribution in [3.63, 3.8) is 0 Å². The molecule has 1 aromatic carbocycles. The fraction of sp³-hybridized carbons (Fsp3) is 0.520. The Labute approximate surface area is 217 Å². The van der Waals surface area contributed by atoms with Gasteiger partial charge in [-0.3, -0.25) is 4.79 Å². The number of carbonyl (C=O) groups excluding carboxylic acids is 1. The normalized spacial score (nSPS) is 14.6. The van der Waals surface area contributed by atoms with Crippen LogP contribution >= 0.6 is 0 Å². The second-order valence-corrected chi connectivity index (χ2v) is 12.0. The maximum Gasteiger partial charge on any atom is 0.293 e. The van der Waals surface area contributed by atoms with Gasteiger partial charge in [0.05, 0.1) is 16.5 Å². The van der Waals surface area contributed by atoms with Crippen LogP contribution in [0.15, 0.2) is 35.6 Å². The molecule has 202 valence electrons. The van der Waals surface area contributed by atoms with E-state index >= 15 is 0 Å². The Kier molecular flexibility index (Phi) is 9.19. The van der Waals surface area contributed by atoms with Crippen molar-refractivity contribution in [3.05, 3.63) is 36.5 Å². The number of piperidine rings is 1. The van der Waals surface area contributed by atoms with E-state index in [-0.39, 0.29) is 16.2 Å². The van der Waals surface area contributed by atoms with Crippen LogP contribution < -0.4 is 10.2 Å². The van der Waals surface area contributed by atoms with Gasteiger partial charge in [-0.15, -0.1) is 0 Å². The summed E-state index contributed by atoms with van der Waals surface area (Å²) >= 11 is 0. The van der Waals surface area contributed by atoms with Crippen LogP contribution in [0.1, 0.15) is 40.5 Å². The summed E-state index contributed by atoms with van der Waals surface area (Å²) in [5.74, 6) is 0.692. The van der Waals surface area contributed by atoms with Crippen molar-refractivity contribution < 1.29 is 22.3 Å². The highest BCUT2D eigenvalue weighted by molar-refractivity contribution is 7.90. The number of halogens is 1. The minimum Gasteiger partial charge on any atom is -0.462 e. The number of nitrogens with one attached hydrogen (secondary N) is 1. The van der Waals surface area contributed by atoms with Gasteiger partial charge in [-0.25, -0.2) is 27.5 Å². The third-order valence-corrected chi connectivity index (χ3v) is 7.05. The average Bonchev–Trinajstić information content (AvgIpc) is 3.26. The van der Waals surface area contributed by atoms with Gasteiger partial charge in [-0.05, 0) is 77.7 Å². The summed E-state index contributed by atoms with van der Waals surface area (Å²) in [6.45, 7) is 11.8. The lowest BCUT2D eigenvalue weighted by Gasteiger charge is -2.30. The van der Waals surface area contributed by atoms with E-state index in [1.54, 1.807) is 6.20 Å². The SMILES string of the molecule is CC(C)(C)OC=O.CCN(CC1CCNCC1)c1ncnc2c1cnn2-c1ccc(S(C)(=O)=O)cc1F. The monoisotopic (exact) mass is 534 g/mol. The second kappa shape index (κ2) is 12.0. The van der Waals surface area contributed by atoms with E-state index in [1.807, 2.05) is 20.8 Å². The van der Waals surface area contributed by atoms with E-state index in [0.29, 0.717) is 18.0 Å². The molecule has 0 amide bonds. The second-order valence-electron chi connectivity index (χ2n) is 9.93. The number of anilines is 1. The molecule has 1 aliphatic heterocycles. The highest BCUT2D eigenvalue weighted by Crippen LogP contribution is 2.28. The summed E-state index contributed by atoms with van der Waals surface area (Å²) in [5.41, 5.74) is 0.306. The number of hydrogen-bond acceptors (Lipinski definition) is 9. The molecule has 12 heteroatoms. The predicted octanol–water partition coefficient (Wildman–Crippen LogP) is 3.14. The fourth-order valence-corrected chi connectivity index (χ4v) is 4.67. The summed E-state index contributed by atoms with van der Waals surface area (Å²) in [6.07, 6.45) is 6.40. The largest absolute Gasteiger partial charge is 0.462 e. The Morgan fingerprint density at radius 1 is 1.24 bits per heavy atom. The molecule has 0 aliphatic carbocycles. The minimum atomic E-state index is -3.50. The van der Waals surface area contributed by atoms with E-state index in [9.17, 15) is 17.6 Å². The first-order valence-corrected chi connectivity index (χ1v) is 14.1. The molecule has 10 nitrogen and oxygen atoms in total. The van der Waals surface area contributed by atoms with Crippen molar-refractivity contribution in [3.8, 4) is 5.69 Å². The smallest absolute Gasteiger partial charge is 0.293 e. The van der Waals surface area contributed by atoms with Crippen LogP contribution in [0.4, 0.5) is 10.2 Å². The molecular formula is C25H35FN6O4S. The van der Waals surface area contributed by atoms with Gasteiger partial charge in [0.15, 0.2) is 15.5 Å². The van der Waals surface area contributed by atoms with Crippen molar-refractivity contribution in [2.45, 2.75) is 51.0 Å².